The van der Waals surface area contributed by atoms with Gasteiger partial charge in [-0.2, -0.15) is 0 Å². The highest BCUT2D eigenvalue weighted by Crippen LogP contribution is 2.37. The van der Waals surface area contributed by atoms with Crippen molar-refractivity contribution in [3.63, 3.8) is 0 Å². The zero-order chi connectivity index (χ0) is 21.1. The van der Waals surface area contributed by atoms with E-state index in [0.29, 0.717) is 12.4 Å². The second-order valence-corrected chi connectivity index (χ2v) is 8.62. The van der Waals surface area contributed by atoms with E-state index >= 15 is 0 Å². The zero-order valence-electron chi connectivity index (χ0n) is 17.4. The SMILES string of the molecule is CCC(C)(CCCCS(=O)O)c1ccccc1NCCCOc1ccc(O)cc1. The smallest absolute Gasteiger partial charge is 0.152 e. The average molecular weight is 420 g/mol. The Morgan fingerprint density at radius 3 is 2.48 bits per heavy atom. The molecule has 0 saturated heterocycles. The van der Waals surface area contributed by atoms with Crippen LogP contribution >= 0.6 is 0 Å². The quantitative estimate of drug-likeness (QED) is 0.302. The van der Waals surface area contributed by atoms with Crippen LogP contribution in [0.25, 0.3) is 0 Å². The van der Waals surface area contributed by atoms with Gasteiger partial charge >= 0.3 is 0 Å². The highest BCUT2D eigenvalue weighted by molar-refractivity contribution is 7.79. The summed E-state index contributed by atoms with van der Waals surface area (Å²) < 4.78 is 25.5. The first-order chi connectivity index (χ1) is 13.9. The molecule has 0 aliphatic heterocycles. The normalized spacial score (nSPS) is 14.2. The molecule has 2 atom stereocenters. The van der Waals surface area contributed by atoms with Crippen LogP contribution in [-0.2, 0) is 16.5 Å². The summed E-state index contributed by atoms with van der Waals surface area (Å²) in [6, 6.07) is 15.2. The van der Waals surface area contributed by atoms with Crippen LogP contribution in [0.3, 0.4) is 0 Å². The molecule has 0 radical (unpaired) electrons. The maximum absolute atomic E-state index is 10.9. The molecule has 29 heavy (non-hydrogen) atoms. The number of phenols is 1. The molecule has 0 spiro atoms. The van der Waals surface area contributed by atoms with Crippen LogP contribution in [0, 0.1) is 0 Å². The molecule has 0 bridgehead atoms. The second-order valence-electron chi connectivity index (χ2n) is 7.57. The van der Waals surface area contributed by atoms with Crippen LogP contribution in [0.2, 0.25) is 0 Å². The van der Waals surface area contributed by atoms with E-state index in [1.54, 1.807) is 24.3 Å². The molecule has 2 aromatic rings. The number of hydrogen-bond donors (Lipinski definition) is 3. The van der Waals surface area contributed by atoms with Gasteiger partial charge in [0, 0.05) is 18.0 Å². The van der Waals surface area contributed by atoms with E-state index in [4.69, 9.17) is 9.29 Å². The summed E-state index contributed by atoms with van der Waals surface area (Å²) in [6.45, 7) is 5.88. The number of anilines is 1. The van der Waals surface area contributed by atoms with Gasteiger partial charge in [-0.15, -0.1) is 0 Å². The summed E-state index contributed by atoms with van der Waals surface area (Å²) in [5.41, 5.74) is 2.47. The highest BCUT2D eigenvalue weighted by atomic mass is 32.2. The Balaban J connectivity index is 1.87. The zero-order valence-corrected chi connectivity index (χ0v) is 18.2. The van der Waals surface area contributed by atoms with Crippen molar-refractivity contribution >= 4 is 16.8 Å². The predicted molar refractivity (Wildman–Crippen MR) is 120 cm³/mol. The van der Waals surface area contributed by atoms with Crippen LogP contribution in [-0.4, -0.2) is 32.8 Å². The largest absolute Gasteiger partial charge is 0.508 e. The van der Waals surface area contributed by atoms with E-state index in [1.165, 1.54) is 5.56 Å². The lowest BCUT2D eigenvalue weighted by Crippen LogP contribution is -2.23. The van der Waals surface area contributed by atoms with Gasteiger partial charge in [0.2, 0.25) is 0 Å². The predicted octanol–water partition coefficient (Wildman–Crippen LogP) is 5.33. The second kappa shape index (κ2) is 11.8. The lowest BCUT2D eigenvalue weighted by molar-refractivity contribution is 0.314. The fourth-order valence-corrected chi connectivity index (χ4v) is 3.88. The Morgan fingerprint density at radius 2 is 1.79 bits per heavy atom. The van der Waals surface area contributed by atoms with Crippen molar-refractivity contribution in [2.24, 2.45) is 0 Å². The first kappa shape index (κ1) is 23.2. The molecular weight excluding hydrogens is 386 g/mol. The lowest BCUT2D eigenvalue weighted by atomic mass is 9.75. The molecule has 2 aromatic carbocycles. The van der Waals surface area contributed by atoms with Crippen molar-refractivity contribution in [1.82, 2.24) is 0 Å². The summed E-state index contributed by atoms with van der Waals surface area (Å²) in [4.78, 5) is 0. The number of para-hydroxylation sites is 1. The Hall–Kier alpha value is -2.05. The maximum atomic E-state index is 10.9. The third-order valence-electron chi connectivity index (χ3n) is 5.40. The monoisotopic (exact) mass is 419 g/mol. The number of unbranched alkanes of at least 4 members (excludes halogenated alkanes) is 1. The third-order valence-corrected chi connectivity index (χ3v) is 6.04. The van der Waals surface area contributed by atoms with E-state index in [9.17, 15) is 9.32 Å². The third kappa shape index (κ3) is 7.71. The van der Waals surface area contributed by atoms with E-state index in [2.05, 4.69) is 37.4 Å². The van der Waals surface area contributed by atoms with E-state index < -0.39 is 11.1 Å². The van der Waals surface area contributed by atoms with Crippen molar-refractivity contribution in [3.05, 3.63) is 54.1 Å². The number of aromatic hydroxyl groups is 1. The van der Waals surface area contributed by atoms with Gasteiger partial charge in [-0.25, -0.2) is 4.21 Å². The number of rotatable bonds is 13. The molecule has 0 amide bonds. The molecule has 0 fully saturated rings. The van der Waals surface area contributed by atoms with Crippen molar-refractivity contribution in [1.29, 1.82) is 0 Å². The Kier molecular flexibility index (Phi) is 9.48. The number of phenolic OH excluding ortho intramolecular Hbond substituents is 1. The lowest BCUT2D eigenvalue weighted by Gasteiger charge is -2.31. The van der Waals surface area contributed by atoms with E-state index in [0.717, 1.165) is 50.1 Å². The number of benzene rings is 2. The Morgan fingerprint density at radius 1 is 1.07 bits per heavy atom. The molecule has 0 aromatic heterocycles. The standard InChI is InChI=1S/C23H33NO4S/c1-3-23(2,15-6-7-18-29(26)27)21-9-4-5-10-22(21)24-16-8-17-28-20-13-11-19(25)12-14-20/h4-5,9-14,24-25H,3,6-8,15-18H2,1-2H3,(H,26,27). The topological polar surface area (TPSA) is 78.8 Å². The van der Waals surface area contributed by atoms with Crippen LogP contribution in [0.15, 0.2) is 48.5 Å². The Bertz CT molecular complexity index is 766. The van der Waals surface area contributed by atoms with Gasteiger partial charge in [0.1, 0.15) is 11.5 Å². The summed E-state index contributed by atoms with van der Waals surface area (Å²) in [5.74, 6) is 1.34. The molecule has 0 aliphatic rings. The summed E-state index contributed by atoms with van der Waals surface area (Å²) in [6.07, 6.45) is 4.57. The summed E-state index contributed by atoms with van der Waals surface area (Å²) >= 11 is -1.70. The summed E-state index contributed by atoms with van der Waals surface area (Å²) in [5, 5.41) is 12.9. The molecule has 2 unspecified atom stereocenters. The maximum Gasteiger partial charge on any atom is 0.152 e. The van der Waals surface area contributed by atoms with Crippen LogP contribution in [0.5, 0.6) is 11.5 Å². The molecule has 0 saturated carbocycles. The minimum atomic E-state index is -1.70. The minimum Gasteiger partial charge on any atom is -0.508 e. The van der Waals surface area contributed by atoms with Crippen molar-refractivity contribution in [2.75, 3.05) is 24.2 Å². The van der Waals surface area contributed by atoms with E-state index in [1.807, 2.05) is 6.07 Å². The molecular formula is C23H33NO4S. The van der Waals surface area contributed by atoms with Crippen molar-refractivity contribution < 1.29 is 18.6 Å². The first-order valence-electron chi connectivity index (χ1n) is 10.3. The van der Waals surface area contributed by atoms with Gasteiger partial charge < -0.3 is 19.7 Å². The van der Waals surface area contributed by atoms with Gasteiger partial charge in [0.15, 0.2) is 11.1 Å². The van der Waals surface area contributed by atoms with Crippen molar-refractivity contribution in [2.45, 2.75) is 51.4 Å². The Labute approximate surface area is 176 Å². The van der Waals surface area contributed by atoms with Gasteiger partial charge in [0.25, 0.3) is 0 Å². The highest BCUT2D eigenvalue weighted by Gasteiger charge is 2.26. The van der Waals surface area contributed by atoms with Gasteiger partial charge in [-0.05, 0) is 67.0 Å². The van der Waals surface area contributed by atoms with Gasteiger partial charge in [-0.1, -0.05) is 38.5 Å². The molecule has 0 aliphatic carbocycles. The molecule has 5 nitrogen and oxygen atoms in total. The van der Waals surface area contributed by atoms with Crippen LogP contribution in [0.4, 0.5) is 5.69 Å². The molecule has 160 valence electrons. The minimum absolute atomic E-state index is 0.0308. The molecule has 3 N–H and O–H groups in total. The van der Waals surface area contributed by atoms with Crippen molar-refractivity contribution in [3.8, 4) is 11.5 Å². The van der Waals surface area contributed by atoms with Crippen LogP contribution in [0.1, 0.15) is 51.5 Å². The fourth-order valence-electron chi connectivity index (χ4n) is 3.43. The number of hydrogen-bond acceptors (Lipinski definition) is 4. The molecule has 2 rings (SSSR count). The van der Waals surface area contributed by atoms with Crippen LogP contribution < -0.4 is 10.1 Å². The molecule has 0 heterocycles. The summed E-state index contributed by atoms with van der Waals surface area (Å²) in [7, 11) is 0. The molecule has 6 heteroatoms. The number of ether oxygens (including phenoxy) is 1. The van der Waals surface area contributed by atoms with Gasteiger partial charge in [0.05, 0.1) is 6.61 Å². The van der Waals surface area contributed by atoms with Gasteiger partial charge in [-0.3, -0.25) is 0 Å². The average Bonchev–Trinajstić information content (AvgIpc) is 2.72. The fraction of sp³-hybridized carbons (Fsp3) is 0.478. The van der Waals surface area contributed by atoms with E-state index in [-0.39, 0.29) is 11.2 Å². The first-order valence-corrected chi connectivity index (χ1v) is 11.5. The number of nitrogens with one attached hydrogen (secondary N) is 1.